The second-order valence-electron chi connectivity index (χ2n) is 5.05. The van der Waals surface area contributed by atoms with Gasteiger partial charge in [-0.3, -0.25) is 0 Å². The van der Waals surface area contributed by atoms with Crippen LogP contribution in [-0.2, 0) is 6.18 Å². The summed E-state index contributed by atoms with van der Waals surface area (Å²) in [7, 11) is 0. The van der Waals surface area contributed by atoms with Crippen LogP contribution in [0.25, 0.3) is 0 Å². The predicted molar refractivity (Wildman–Crippen MR) is 68.9 cm³/mol. The third-order valence-electron chi connectivity index (χ3n) is 3.52. The van der Waals surface area contributed by atoms with Crippen molar-refractivity contribution < 1.29 is 13.2 Å². The van der Waals surface area contributed by atoms with E-state index < -0.39 is 11.7 Å². The Morgan fingerprint density at radius 2 is 1.95 bits per heavy atom. The number of halogens is 3. The van der Waals surface area contributed by atoms with Gasteiger partial charge >= 0.3 is 6.18 Å². The van der Waals surface area contributed by atoms with E-state index in [1.807, 2.05) is 6.92 Å². The summed E-state index contributed by atoms with van der Waals surface area (Å²) >= 11 is 0. The molecule has 0 amide bonds. The van der Waals surface area contributed by atoms with Gasteiger partial charge < -0.3 is 10.6 Å². The first-order valence-electron chi connectivity index (χ1n) is 6.61. The number of piperidine rings is 1. The first kappa shape index (κ1) is 14.3. The highest BCUT2D eigenvalue weighted by molar-refractivity contribution is 5.26. The van der Waals surface area contributed by atoms with Gasteiger partial charge in [0.05, 0.1) is 5.56 Å². The van der Waals surface area contributed by atoms with E-state index in [2.05, 4.69) is 10.6 Å². The van der Waals surface area contributed by atoms with Gasteiger partial charge in [-0.05, 0) is 44.0 Å². The van der Waals surface area contributed by atoms with Crippen molar-refractivity contribution in [3.8, 4) is 0 Å². The largest absolute Gasteiger partial charge is 0.416 e. The second kappa shape index (κ2) is 5.92. The molecule has 0 aliphatic carbocycles. The number of benzene rings is 1. The zero-order chi connectivity index (χ0) is 13.9. The van der Waals surface area contributed by atoms with Crippen LogP contribution in [0.2, 0.25) is 0 Å². The Balaban J connectivity index is 1.97. The van der Waals surface area contributed by atoms with Crippen LogP contribution in [0, 0.1) is 0 Å². The minimum absolute atomic E-state index is 0.0622. The second-order valence-corrected chi connectivity index (χ2v) is 5.05. The number of hydrogen-bond donors (Lipinski definition) is 2. The molecule has 2 N–H and O–H groups in total. The molecule has 2 rings (SSSR count). The maximum atomic E-state index is 12.5. The molecule has 0 aromatic heterocycles. The average Bonchev–Trinajstić information content (AvgIpc) is 2.39. The molecular weight excluding hydrogens is 253 g/mol. The van der Waals surface area contributed by atoms with Crippen molar-refractivity contribution in [2.45, 2.75) is 38.0 Å². The summed E-state index contributed by atoms with van der Waals surface area (Å²) in [6, 6.07) is 5.85. The fourth-order valence-electron chi connectivity index (χ4n) is 2.40. The Morgan fingerprint density at radius 3 is 2.47 bits per heavy atom. The van der Waals surface area contributed by atoms with Crippen LogP contribution in [-0.4, -0.2) is 19.1 Å². The zero-order valence-corrected chi connectivity index (χ0v) is 10.9. The summed E-state index contributed by atoms with van der Waals surface area (Å²) in [6.45, 7) is 3.95. The van der Waals surface area contributed by atoms with E-state index in [1.165, 1.54) is 0 Å². The standard InChI is InChI=1S/C14H19F3N2/c1-10(19-13-3-2-8-18-9-13)11-4-6-12(7-5-11)14(15,16)17/h4-7,10,13,18-19H,2-3,8-9H2,1H3. The quantitative estimate of drug-likeness (QED) is 0.883. The van der Waals surface area contributed by atoms with E-state index >= 15 is 0 Å². The summed E-state index contributed by atoms with van der Waals surface area (Å²) in [5, 5.41) is 6.76. The summed E-state index contributed by atoms with van der Waals surface area (Å²) in [4.78, 5) is 0. The Kier molecular flexibility index (Phi) is 4.47. The van der Waals surface area contributed by atoms with Gasteiger partial charge in [-0.1, -0.05) is 12.1 Å². The minimum atomic E-state index is -4.26. The molecule has 2 atom stereocenters. The smallest absolute Gasteiger partial charge is 0.315 e. The topological polar surface area (TPSA) is 24.1 Å². The lowest BCUT2D eigenvalue weighted by Gasteiger charge is -2.27. The van der Waals surface area contributed by atoms with Crippen molar-refractivity contribution in [1.29, 1.82) is 0 Å². The lowest BCUT2D eigenvalue weighted by Crippen LogP contribution is -2.43. The number of alkyl halides is 3. The van der Waals surface area contributed by atoms with Gasteiger partial charge in [0, 0.05) is 18.6 Å². The molecule has 1 saturated heterocycles. The van der Waals surface area contributed by atoms with Crippen LogP contribution < -0.4 is 10.6 Å². The lowest BCUT2D eigenvalue weighted by atomic mass is 10.0. The zero-order valence-electron chi connectivity index (χ0n) is 10.9. The number of hydrogen-bond acceptors (Lipinski definition) is 2. The molecule has 106 valence electrons. The van der Waals surface area contributed by atoms with Crippen molar-refractivity contribution in [2.24, 2.45) is 0 Å². The number of rotatable bonds is 3. The van der Waals surface area contributed by atoms with Gasteiger partial charge in [-0.15, -0.1) is 0 Å². The molecule has 2 unspecified atom stereocenters. The molecular formula is C14H19F3N2. The van der Waals surface area contributed by atoms with Crippen LogP contribution in [0.5, 0.6) is 0 Å². The molecule has 1 aromatic rings. The lowest BCUT2D eigenvalue weighted by molar-refractivity contribution is -0.137. The van der Waals surface area contributed by atoms with Gasteiger partial charge in [0.2, 0.25) is 0 Å². The van der Waals surface area contributed by atoms with E-state index in [9.17, 15) is 13.2 Å². The van der Waals surface area contributed by atoms with Crippen molar-refractivity contribution in [2.75, 3.05) is 13.1 Å². The van der Waals surface area contributed by atoms with Crippen molar-refractivity contribution in [3.63, 3.8) is 0 Å². The van der Waals surface area contributed by atoms with Crippen molar-refractivity contribution in [3.05, 3.63) is 35.4 Å². The minimum Gasteiger partial charge on any atom is -0.315 e. The monoisotopic (exact) mass is 272 g/mol. The summed E-state index contributed by atoms with van der Waals surface area (Å²) in [5.74, 6) is 0. The molecule has 1 aliphatic heterocycles. The maximum absolute atomic E-state index is 12.5. The van der Waals surface area contributed by atoms with Gasteiger partial charge in [-0.2, -0.15) is 13.2 Å². The molecule has 1 heterocycles. The molecule has 1 aliphatic rings. The molecule has 0 spiro atoms. The third-order valence-corrected chi connectivity index (χ3v) is 3.52. The Morgan fingerprint density at radius 1 is 1.26 bits per heavy atom. The van der Waals surface area contributed by atoms with Gasteiger partial charge in [0.1, 0.15) is 0 Å². The molecule has 19 heavy (non-hydrogen) atoms. The van der Waals surface area contributed by atoms with Gasteiger partial charge in [-0.25, -0.2) is 0 Å². The molecule has 0 saturated carbocycles. The highest BCUT2D eigenvalue weighted by Crippen LogP contribution is 2.30. The van der Waals surface area contributed by atoms with Crippen LogP contribution in [0.4, 0.5) is 13.2 Å². The van der Waals surface area contributed by atoms with E-state index in [-0.39, 0.29) is 6.04 Å². The average molecular weight is 272 g/mol. The Labute approximate surface area is 111 Å². The first-order chi connectivity index (χ1) is 8.97. The molecule has 2 nitrogen and oxygen atoms in total. The molecule has 1 aromatic carbocycles. The van der Waals surface area contributed by atoms with Crippen LogP contribution in [0.15, 0.2) is 24.3 Å². The van der Waals surface area contributed by atoms with Gasteiger partial charge in [0.15, 0.2) is 0 Å². The van der Waals surface area contributed by atoms with Crippen molar-refractivity contribution in [1.82, 2.24) is 10.6 Å². The highest BCUT2D eigenvalue weighted by Gasteiger charge is 2.30. The predicted octanol–water partition coefficient (Wildman–Crippen LogP) is 3.11. The Hall–Kier alpha value is -1.07. The summed E-state index contributed by atoms with van der Waals surface area (Å²) < 4.78 is 37.4. The Bertz CT molecular complexity index is 394. The number of nitrogens with one attached hydrogen (secondary N) is 2. The van der Waals surface area contributed by atoms with Crippen LogP contribution in [0.3, 0.4) is 0 Å². The van der Waals surface area contributed by atoms with E-state index in [0.29, 0.717) is 6.04 Å². The fraction of sp³-hybridized carbons (Fsp3) is 0.571. The fourth-order valence-corrected chi connectivity index (χ4v) is 2.40. The highest BCUT2D eigenvalue weighted by atomic mass is 19.4. The maximum Gasteiger partial charge on any atom is 0.416 e. The molecule has 0 radical (unpaired) electrons. The van der Waals surface area contributed by atoms with E-state index in [1.54, 1.807) is 12.1 Å². The summed E-state index contributed by atoms with van der Waals surface area (Å²) in [5.41, 5.74) is 0.293. The summed E-state index contributed by atoms with van der Waals surface area (Å²) in [6.07, 6.45) is -2.02. The SMILES string of the molecule is CC(NC1CCCNC1)c1ccc(C(F)(F)F)cc1. The first-order valence-corrected chi connectivity index (χ1v) is 6.61. The normalized spacial score (nSPS) is 22.2. The van der Waals surface area contributed by atoms with Crippen LogP contribution >= 0.6 is 0 Å². The molecule has 1 fully saturated rings. The third kappa shape index (κ3) is 3.94. The van der Waals surface area contributed by atoms with E-state index in [0.717, 1.165) is 43.6 Å². The van der Waals surface area contributed by atoms with E-state index in [4.69, 9.17) is 0 Å². The van der Waals surface area contributed by atoms with Gasteiger partial charge in [0.25, 0.3) is 0 Å². The molecule has 5 heteroatoms. The van der Waals surface area contributed by atoms with Crippen LogP contribution in [0.1, 0.15) is 36.9 Å². The molecule has 0 bridgehead atoms. The van der Waals surface area contributed by atoms with Crippen molar-refractivity contribution >= 4 is 0 Å².